The van der Waals surface area contributed by atoms with Gasteiger partial charge in [-0.1, -0.05) is 18.2 Å². The molecule has 2 heterocycles. The van der Waals surface area contributed by atoms with Crippen molar-refractivity contribution in [2.75, 3.05) is 6.61 Å². The molecule has 1 aromatic rings. The summed E-state index contributed by atoms with van der Waals surface area (Å²) < 4.78 is 16.3. The Kier molecular flexibility index (Phi) is 4.90. The normalized spacial score (nSPS) is 20.9. The lowest BCUT2D eigenvalue weighted by Gasteiger charge is -2.36. The summed E-state index contributed by atoms with van der Waals surface area (Å²) in [6.07, 6.45) is 0. The van der Waals surface area contributed by atoms with Gasteiger partial charge in [-0.15, -0.1) is 0 Å². The second kappa shape index (κ2) is 6.95. The van der Waals surface area contributed by atoms with Crippen LogP contribution in [0.1, 0.15) is 40.2 Å². The van der Waals surface area contributed by atoms with E-state index in [4.69, 9.17) is 19.9 Å². The van der Waals surface area contributed by atoms with E-state index in [1.807, 2.05) is 0 Å². The molecule has 1 aromatic carbocycles. The maximum absolute atomic E-state index is 13.4. The van der Waals surface area contributed by atoms with E-state index >= 15 is 0 Å². The average Bonchev–Trinajstić information content (AvgIpc) is 2.84. The highest BCUT2D eigenvalue weighted by atomic mass is 16.6. The molecule has 2 aliphatic rings. The smallest absolute Gasteiger partial charge is 0.341 e. The monoisotopic (exact) mass is 400 g/mol. The van der Waals surface area contributed by atoms with Crippen molar-refractivity contribution >= 4 is 17.8 Å². The third-order valence-electron chi connectivity index (χ3n) is 4.61. The van der Waals surface area contributed by atoms with Gasteiger partial charge in [-0.2, -0.15) is 0 Å². The van der Waals surface area contributed by atoms with Crippen LogP contribution in [0, 0.1) is 0 Å². The number of benzene rings is 1. The zero-order valence-electron chi connectivity index (χ0n) is 17.0. The number of carbonyl (C=O) groups excluding carboxylic acids is 3. The lowest BCUT2D eigenvalue weighted by Crippen LogP contribution is -2.49. The van der Waals surface area contributed by atoms with E-state index < -0.39 is 28.9 Å². The molecule has 1 unspecified atom stereocenters. The van der Waals surface area contributed by atoms with Crippen molar-refractivity contribution in [3.63, 3.8) is 0 Å². The van der Waals surface area contributed by atoms with Gasteiger partial charge in [0.05, 0.1) is 12.2 Å². The van der Waals surface area contributed by atoms with Gasteiger partial charge in [0.2, 0.25) is 11.8 Å². The van der Waals surface area contributed by atoms with Gasteiger partial charge in [0.15, 0.2) is 0 Å². The van der Waals surface area contributed by atoms with Crippen molar-refractivity contribution in [2.45, 2.75) is 45.6 Å². The highest BCUT2D eigenvalue weighted by Gasteiger charge is 2.61. The van der Waals surface area contributed by atoms with Gasteiger partial charge in [0.1, 0.15) is 22.3 Å². The number of esters is 2. The van der Waals surface area contributed by atoms with Crippen LogP contribution in [-0.4, -0.2) is 30.1 Å². The van der Waals surface area contributed by atoms with E-state index in [1.165, 1.54) is 0 Å². The van der Waals surface area contributed by atoms with Crippen LogP contribution in [0.2, 0.25) is 0 Å². The number of rotatable bonds is 3. The molecule has 0 radical (unpaired) electrons. The number of fused-ring (bicyclic) bond motifs is 2. The molecular formula is C21H24N2O6. The van der Waals surface area contributed by atoms with Crippen LogP contribution in [0.5, 0.6) is 5.75 Å². The summed E-state index contributed by atoms with van der Waals surface area (Å²) in [7, 11) is 0. The maximum Gasteiger partial charge on any atom is 0.341 e. The van der Waals surface area contributed by atoms with E-state index in [1.54, 1.807) is 58.9 Å². The Morgan fingerprint density at radius 2 is 1.83 bits per heavy atom. The van der Waals surface area contributed by atoms with Gasteiger partial charge in [-0.25, -0.2) is 9.59 Å². The number of nitrogens with two attached hydrogens (primary N) is 1. The SMILES string of the molecule is CCOC(=O)C1=C(N)Oc2ccccc2C12C(=O)NC(C)=C2C(=O)OC(C)(C)C. The molecule has 0 aliphatic carbocycles. The Hall–Kier alpha value is -3.29. The second-order valence-electron chi connectivity index (χ2n) is 7.76. The summed E-state index contributed by atoms with van der Waals surface area (Å²) in [6, 6.07) is 6.61. The van der Waals surface area contributed by atoms with Crippen LogP contribution < -0.4 is 15.8 Å². The Morgan fingerprint density at radius 3 is 2.45 bits per heavy atom. The predicted molar refractivity (Wildman–Crippen MR) is 103 cm³/mol. The number of hydrogen-bond acceptors (Lipinski definition) is 7. The Balaban J connectivity index is 2.34. The first-order valence-electron chi connectivity index (χ1n) is 9.24. The maximum atomic E-state index is 13.4. The van der Waals surface area contributed by atoms with Crippen LogP contribution in [0.3, 0.4) is 0 Å². The van der Waals surface area contributed by atoms with Crippen LogP contribution >= 0.6 is 0 Å². The minimum atomic E-state index is -1.84. The Morgan fingerprint density at radius 1 is 1.17 bits per heavy atom. The number of amides is 1. The lowest BCUT2D eigenvalue weighted by atomic mass is 9.67. The summed E-state index contributed by atoms with van der Waals surface area (Å²) in [4.78, 5) is 39.5. The molecule has 0 saturated carbocycles. The van der Waals surface area contributed by atoms with Crippen LogP contribution in [0.15, 0.2) is 47.0 Å². The van der Waals surface area contributed by atoms with Gasteiger partial charge in [-0.3, -0.25) is 4.79 Å². The van der Waals surface area contributed by atoms with Crippen LogP contribution in [0.25, 0.3) is 0 Å². The van der Waals surface area contributed by atoms with Crippen LogP contribution in [-0.2, 0) is 29.3 Å². The molecule has 1 amide bonds. The van der Waals surface area contributed by atoms with Gasteiger partial charge in [0.25, 0.3) is 0 Å². The third kappa shape index (κ3) is 3.14. The number of hydrogen-bond donors (Lipinski definition) is 2. The number of carbonyl (C=O) groups is 3. The van der Waals surface area contributed by atoms with Crippen molar-refractivity contribution in [3.8, 4) is 5.75 Å². The summed E-state index contributed by atoms with van der Waals surface area (Å²) in [5.74, 6) is -2.21. The number of nitrogens with one attached hydrogen (secondary N) is 1. The third-order valence-corrected chi connectivity index (χ3v) is 4.61. The molecular weight excluding hydrogens is 376 g/mol. The predicted octanol–water partition coefficient (Wildman–Crippen LogP) is 1.80. The van der Waals surface area contributed by atoms with Crippen LogP contribution in [0.4, 0.5) is 0 Å². The molecule has 2 aliphatic heterocycles. The average molecular weight is 400 g/mol. The lowest BCUT2D eigenvalue weighted by molar-refractivity contribution is -0.151. The van der Waals surface area contributed by atoms with E-state index in [2.05, 4.69) is 5.32 Å². The molecule has 8 heteroatoms. The topological polar surface area (TPSA) is 117 Å². The molecule has 154 valence electrons. The van der Waals surface area contributed by atoms with Gasteiger partial charge in [0, 0.05) is 11.3 Å². The van der Waals surface area contributed by atoms with Crippen molar-refractivity contribution in [1.82, 2.24) is 5.32 Å². The van der Waals surface area contributed by atoms with Gasteiger partial charge >= 0.3 is 11.9 Å². The minimum absolute atomic E-state index is 0.0146. The van der Waals surface area contributed by atoms with E-state index in [0.717, 1.165) is 0 Å². The molecule has 1 spiro atoms. The van der Waals surface area contributed by atoms with Crippen molar-refractivity contribution < 1.29 is 28.6 Å². The van der Waals surface area contributed by atoms with Gasteiger partial charge < -0.3 is 25.3 Å². The quantitative estimate of drug-likeness (QED) is 0.743. The van der Waals surface area contributed by atoms with Crippen molar-refractivity contribution in [2.24, 2.45) is 5.73 Å². The zero-order valence-corrected chi connectivity index (χ0v) is 17.0. The first kappa shape index (κ1) is 20.4. The summed E-state index contributed by atoms with van der Waals surface area (Å²) in [6.45, 7) is 8.40. The standard InChI is InChI=1S/C21H24N2O6/c1-6-27-17(24)15-16(22)28-13-10-8-7-9-12(13)21(15)14(11(2)23-19(21)26)18(25)29-20(3,4)5/h7-10H,6,22H2,1-5H3,(H,23,26). The summed E-state index contributed by atoms with van der Waals surface area (Å²) in [5.41, 5.74) is 3.75. The molecule has 0 bridgehead atoms. The van der Waals surface area contributed by atoms with Crippen molar-refractivity contribution in [1.29, 1.82) is 0 Å². The first-order chi connectivity index (χ1) is 13.5. The number of ether oxygens (including phenoxy) is 3. The van der Waals surface area contributed by atoms with E-state index in [-0.39, 0.29) is 35.1 Å². The van der Waals surface area contributed by atoms with Gasteiger partial charge in [-0.05, 0) is 40.7 Å². The molecule has 0 aromatic heterocycles. The zero-order chi connectivity index (χ0) is 21.6. The molecule has 3 N–H and O–H groups in total. The fourth-order valence-corrected chi connectivity index (χ4v) is 3.66. The molecule has 1 atom stereocenters. The molecule has 0 saturated heterocycles. The van der Waals surface area contributed by atoms with E-state index in [0.29, 0.717) is 5.56 Å². The first-order valence-corrected chi connectivity index (χ1v) is 9.24. The second-order valence-corrected chi connectivity index (χ2v) is 7.76. The summed E-state index contributed by atoms with van der Waals surface area (Å²) in [5, 5.41) is 2.67. The van der Waals surface area contributed by atoms with E-state index in [9.17, 15) is 14.4 Å². The number of para-hydroxylation sites is 1. The Labute approximate surface area is 168 Å². The number of allylic oxidation sites excluding steroid dienone is 1. The fourth-order valence-electron chi connectivity index (χ4n) is 3.66. The summed E-state index contributed by atoms with van der Waals surface area (Å²) >= 11 is 0. The fraction of sp³-hybridized carbons (Fsp3) is 0.381. The Bertz CT molecular complexity index is 970. The highest BCUT2D eigenvalue weighted by Crippen LogP contribution is 2.51. The molecule has 29 heavy (non-hydrogen) atoms. The molecule has 3 rings (SSSR count). The largest absolute Gasteiger partial charge is 0.462 e. The molecule has 8 nitrogen and oxygen atoms in total. The minimum Gasteiger partial charge on any atom is -0.462 e. The van der Waals surface area contributed by atoms with Crippen molar-refractivity contribution in [3.05, 3.63) is 52.6 Å². The molecule has 0 fully saturated rings. The highest BCUT2D eigenvalue weighted by molar-refractivity contribution is 6.17.